The van der Waals surface area contributed by atoms with Gasteiger partial charge in [0.25, 0.3) is 0 Å². The van der Waals surface area contributed by atoms with Gasteiger partial charge in [0.1, 0.15) is 4.33 Å². The zero-order chi connectivity index (χ0) is 17.7. The summed E-state index contributed by atoms with van der Waals surface area (Å²) < 4.78 is 25.9. The highest BCUT2D eigenvalue weighted by molar-refractivity contribution is 7.91. The number of rotatable bonds is 4. The van der Waals surface area contributed by atoms with E-state index < -0.39 is 19.4 Å². The number of halogens is 2. The van der Waals surface area contributed by atoms with Crippen LogP contribution in [0.2, 0.25) is 0 Å². The molecule has 1 fully saturated rings. The van der Waals surface area contributed by atoms with Gasteiger partial charge in [-0.1, -0.05) is 60.7 Å². The molecule has 2 atom stereocenters. The lowest BCUT2D eigenvalue weighted by Crippen LogP contribution is -2.18. The Hall–Kier alpha value is -1.55. The first-order valence-electron chi connectivity index (χ1n) is 8.05. The summed E-state index contributed by atoms with van der Waals surface area (Å²) in [5, 5.41) is 1.16. The quantitative estimate of drug-likeness (QED) is 0.547. The summed E-state index contributed by atoms with van der Waals surface area (Å²) in [5.41, 5.74) is 0.726. The van der Waals surface area contributed by atoms with Crippen LogP contribution in [0, 0.1) is 5.92 Å². The van der Waals surface area contributed by atoms with Crippen molar-refractivity contribution in [3.05, 3.63) is 78.4 Å². The third kappa shape index (κ3) is 3.05. The van der Waals surface area contributed by atoms with Crippen LogP contribution in [0.25, 0.3) is 10.8 Å². The minimum absolute atomic E-state index is 0.302. The molecule has 128 valence electrons. The van der Waals surface area contributed by atoms with E-state index in [1.807, 2.05) is 60.7 Å². The molecule has 0 saturated heterocycles. The summed E-state index contributed by atoms with van der Waals surface area (Å²) in [6.45, 7) is 0. The fourth-order valence-corrected chi connectivity index (χ4v) is 6.18. The first-order chi connectivity index (χ1) is 11.9. The molecule has 1 aliphatic carbocycles. The summed E-state index contributed by atoms with van der Waals surface area (Å²) >= 11 is 12.5. The Labute approximate surface area is 157 Å². The van der Waals surface area contributed by atoms with Gasteiger partial charge >= 0.3 is 0 Å². The summed E-state index contributed by atoms with van der Waals surface area (Å²) in [5.74, 6) is -0.310. The van der Waals surface area contributed by atoms with Gasteiger partial charge in [-0.2, -0.15) is 0 Å². The molecule has 0 aromatic heterocycles. The normalized spacial score (nSPS) is 20.3. The maximum Gasteiger partial charge on any atom is 0.185 e. The Morgan fingerprint density at radius 2 is 1.48 bits per heavy atom. The summed E-state index contributed by atoms with van der Waals surface area (Å²) in [7, 11) is -3.62. The molecule has 25 heavy (non-hydrogen) atoms. The number of alkyl halides is 2. The molecular formula is C20H16Cl2O2S. The van der Waals surface area contributed by atoms with Gasteiger partial charge in [-0.3, -0.25) is 0 Å². The monoisotopic (exact) mass is 390 g/mol. The second kappa shape index (κ2) is 6.01. The largest absolute Gasteiger partial charge is 0.223 e. The van der Waals surface area contributed by atoms with Crippen molar-refractivity contribution in [1.82, 2.24) is 0 Å². The fourth-order valence-electron chi connectivity index (χ4n) is 3.32. The lowest BCUT2D eigenvalue weighted by molar-refractivity contribution is 0.571. The van der Waals surface area contributed by atoms with E-state index in [-0.39, 0.29) is 5.92 Å². The molecule has 0 radical (unpaired) electrons. The van der Waals surface area contributed by atoms with Crippen LogP contribution in [0.3, 0.4) is 0 Å². The number of hydrogen-bond donors (Lipinski definition) is 0. The molecule has 0 amide bonds. The van der Waals surface area contributed by atoms with Crippen molar-refractivity contribution < 1.29 is 8.42 Å². The minimum atomic E-state index is -3.62. The smallest absolute Gasteiger partial charge is 0.185 e. The van der Waals surface area contributed by atoms with Crippen molar-refractivity contribution >= 4 is 43.8 Å². The molecule has 3 aromatic rings. The minimum Gasteiger partial charge on any atom is -0.223 e. The van der Waals surface area contributed by atoms with Crippen LogP contribution in [0.15, 0.2) is 77.7 Å². The topological polar surface area (TPSA) is 34.1 Å². The second-order valence-corrected chi connectivity index (χ2v) is 10.1. The van der Waals surface area contributed by atoms with E-state index in [1.54, 1.807) is 12.1 Å². The molecule has 2 nitrogen and oxygen atoms in total. The van der Waals surface area contributed by atoms with E-state index in [4.69, 9.17) is 23.2 Å². The first kappa shape index (κ1) is 16.9. The van der Waals surface area contributed by atoms with E-state index >= 15 is 0 Å². The average molecular weight is 391 g/mol. The Morgan fingerprint density at radius 1 is 0.880 bits per heavy atom. The molecule has 4 rings (SSSR count). The molecule has 2 unspecified atom stereocenters. The van der Waals surface area contributed by atoms with Crippen LogP contribution in [0.4, 0.5) is 0 Å². The zero-order valence-electron chi connectivity index (χ0n) is 13.3. The van der Waals surface area contributed by atoms with Crippen LogP contribution < -0.4 is 0 Å². The summed E-state index contributed by atoms with van der Waals surface area (Å²) in [6, 6.07) is 22.1. The van der Waals surface area contributed by atoms with Gasteiger partial charge in [0, 0.05) is 5.92 Å². The van der Waals surface area contributed by atoms with E-state index in [0.717, 1.165) is 16.3 Å². The molecule has 0 spiro atoms. The Bertz CT molecular complexity index is 1030. The third-order valence-corrected chi connectivity index (χ3v) is 7.80. The van der Waals surface area contributed by atoms with Gasteiger partial charge in [0.2, 0.25) is 0 Å². The molecular weight excluding hydrogens is 375 g/mol. The lowest BCUT2D eigenvalue weighted by atomic mass is 10.1. The number of benzene rings is 3. The first-order valence-corrected chi connectivity index (χ1v) is 10.4. The zero-order valence-corrected chi connectivity index (χ0v) is 15.6. The van der Waals surface area contributed by atoms with Crippen molar-refractivity contribution in [1.29, 1.82) is 0 Å². The van der Waals surface area contributed by atoms with Gasteiger partial charge in [-0.15, -0.1) is 23.2 Å². The molecule has 0 aliphatic heterocycles. The highest BCUT2D eigenvalue weighted by Crippen LogP contribution is 2.61. The number of fused-ring (bicyclic) bond motifs is 1. The lowest BCUT2D eigenvalue weighted by Gasteiger charge is -2.19. The maximum absolute atomic E-state index is 13.4. The second-order valence-electron chi connectivity index (χ2n) is 6.46. The van der Waals surface area contributed by atoms with Crippen molar-refractivity contribution in [2.24, 2.45) is 5.92 Å². The van der Waals surface area contributed by atoms with Crippen LogP contribution in [-0.4, -0.2) is 12.8 Å². The average Bonchev–Trinajstić information content (AvgIpc) is 3.22. The SMILES string of the molecule is O=S(=O)(c1ccc2ccccc2c1)C(c1ccccc1)C1CC1(Cl)Cl. The van der Waals surface area contributed by atoms with Crippen LogP contribution in [-0.2, 0) is 9.84 Å². The van der Waals surface area contributed by atoms with E-state index in [1.165, 1.54) is 0 Å². The van der Waals surface area contributed by atoms with E-state index in [9.17, 15) is 8.42 Å². The molecule has 0 bridgehead atoms. The maximum atomic E-state index is 13.4. The standard InChI is InChI=1S/C20H16Cl2O2S/c21-20(22)13-18(20)19(15-7-2-1-3-8-15)25(23,24)17-11-10-14-6-4-5-9-16(14)12-17/h1-12,18-19H,13H2. The predicted octanol–water partition coefficient (Wildman–Crippen LogP) is 5.55. The third-order valence-electron chi connectivity index (χ3n) is 4.75. The van der Waals surface area contributed by atoms with E-state index in [2.05, 4.69) is 0 Å². The van der Waals surface area contributed by atoms with Crippen molar-refractivity contribution in [2.45, 2.75) is 20.9 Å². The van der Waals surface area contributed by atoms with Gasteiger partial charge in [0.05, 0.1) is 10.1 Å². The van der Waals surface area contributed by atoms with Crippen molar-refractivity contribution in [3.8, 4) is 0 Å². The van der Waals surface area contributed by atoms with Gasteiger partial charge in [0.15, 0.2) is 9.84 Å². The summed E-state index contributed by atoms with van der Waals surface area (Å²) in [4.78, 5) is 0.302. The highest BCUT2D eigenvalue weighted by atomic mass is 35.5. The Balaban J connectivity index is 1.84. The van der Waals surface area contributed by atoms with Gasteiger partial charge in [-0.25, -0.2) is 8.42 Å². The predicted molar refractivity (Wildman–Crippen MR) is 103 cm³/mol. The highest BCUT2D eigenvalue weighted by Gasteiger charge is 2.59. The molecule has 1 aliphatic rings. The van der Waals surface area contributed by atoms with Crippen LogP contribution >= 0.6 is 23.2 Å². The number of hydrogen-bond acceptors (Lipinski definition) is 2. The van der Waals surface area contributed by atoms with Gasteiger partial charge < -0.3 is 0 Å². The Kier molecular flexibility index (Phi) is 4.06. The fraction of sp³-hybridized carbons (Fsp3) is 0.200. The molecule has 0 heterocycles. The molecule has 0 N–H and O–H groups in total. The number of sulfone groups is 1. The molecule has 1 saturated carbocycles. The molecule has 3 aromatic carbocycles. The summed E-state index contributed by atoms with van der Waals surface area (Å²) in [6.07, 6.45) is 0.475. The van der Waals surface area contributed by atoms with Crippen LogP contribution in [0.5, 0.6) is 0 Å². The van der Waals surface area contributed by atoms with Crippen molar-refractivity contribution in [3.63, 3.8) is 0 Å². The molecule has 5 heteroatoms. The van der Waals surface area contributed by atoms with Crippen molar-refractivity contribution in [2.75, 3.05) is 0 Å². The van der Waals surface area contributed by atoms with Gasteiger partial charge in [-0.05, 0) is 34.9 Å². The van der Waals surface area contributed by atoms with E-state index in [0.29, 0.717) is 11.3 Å². The van der Waals surface area contributed by atoms with Crippen LogP contribution in [0.1, 0.15) is 17.2 Å². The Morgan fingerprint density at radius 3 is 2.12 bits per heavy atom.